The Morgan fingerprint density at radius 3 is 2.29 bits per heavy atom. The highest BCUT2D eigenvalue weighted by Crippen LogP contribution is 2.25. The van der Waals surface area contributed by atoms with E-state index in [2.05, 4.69) is 19.9 Å². The van der Waals surface area contributed by atoms with Crippen molar-refractivity contribution in [3.63, 3.8) is 0 Å². The van der Waals surface area contributed by atoms with Gasteiger partial charge in [-0.2, -0.15) is 5.10 Å². The number of carboxylic acid groups (broad SMARTS) is 2. The summed E-state index contributed by atoms with van der Waals surface area (Å²) in [5, 5.41) is 19.5. The zero-order valence-corrected chi connectivity index (χ0v) is 19.7. The lowest BCUT2D eigenvalue weighted by atomic mass is 10.2. The molecule has 0 spiro atoms. The molecule has 0 unspecified atom stereocenters. The average Bonchev–Trinajstić information content (AvgIpc) is 2.86. The molecular formula is C22H30N6O7. The van der Waals surface area contributed by atoms with Gasteiger partial charge in [-0.3, -0.25) is 14.3 Å². The summed E-state index contributed by atoms with van der Waals surface area (Å²) in [6, 6.07) is 3.81. The van der Waals surface area contributed by atoms with E-state index >= 15 is 0 Å². The number of aromatic nitrogens is 4. The van der Waals surface area contributed by atoms with Crippen LogP contribution in [-0.4, -0.2) is 86.2 Å². The van der Waals surface area contributed by atoms with Gasteiger partial charge in [0, 0.05) is 58.1 Å². The number of aliphatic carboxylic acids is 2. The van der Waals surface area contributed by atoms with Crippen molar-refractivity contribution >= 4 is 17.8 Å². The molecule has 1 fully saturated rings. The summed E-state index contributed by atoms with van der Waals surface area (Å²) in [5.41, 5.74) is -0.737. The highest BCUT2D eigenvalue weighted by atomic mass is 16.5. The maximum absolute atomic E-state index is 11.9. The second-order valence-corrected chi connectivity index (χ2v) is 7.62. The third-order valence-corrected chi connectivity index (χ3v) is 5.25. The fourth-order valence-corrected chi connectivity index (χ4v) is 3.38. The summed E-state index contributed by atoms with van der Waals surface area (Å²) in [6.07, 6.45) is 5.92. The van der Waals surface area contributed by atoms with E-state index in [0.717, 1.165) is 61.7 Å². The Bertz CT molecular complexity index is 1120. The molecule has 13 nitrogen and oxygen atoms in total. The molecule has 2 N–H and O–H groups in total. The van der Waals surface area contributed by atoms with Crippen LogP contribution in [0.15, 0.2) is 46.3 Å². The molecule has 1 aliphatic rings. The van der Waals surface area contributed by atoms with Crippen molar-refractivity contribution in [3.05, 3.63) is 57.5 Å². The molecule has 1 saturated heterocycles. The van der Waals surface area contributed by atoms with Crippen LogP contribution in [0.3, 0.4) is 0 Å². The Morgan fingerprint density at radius 1 is 1.06 bits per heavy atom. The Hall–Kier alpha value is -4.00. The molecule has 0 aliphatic carbocycles. The molecule has 2 aromatic heterocycles. The third kappa shape index (κ3) is 8.70. The van der Waals surface area contributed by atoms with E-state index in [4.69, 9.17) is 14.9 Å². The highest BCUT2D eigenvalue weighted by molar-refractivity contribution is 5.89. The molecule has 0 amide bonds. The van der Waals surface area contributed by atoms with E-state index in [0.29, 0.717) is 18.7 Å². The standard InChI is InChI=1S/C18H26N6O3.C4H4O4/c1-21-16(25)14-20-24(18(21)26)9-4-3-8-22-10-12-23(13-11-22)17-15(27-2)6-5-7-19-17;5-3(6)1-2-4(7)8/h5-7,14H,3-4,8-13H2,1-2H3;1-2H,(H,5,6)(H,7,8). The van der Waals surface area contributed by atoms with Crippen LogP contribution in [0.1, 0.15) is 12.8 Å². The van der Waals surface area contributed by atoms with Crippen LogP contribution in [0.5, 0.6) is 5.75 Å². The number of unbranched alkanes of at least 4 members (excludes halogenated alkanes) is 1. The lowest BCUT2D eigenvalue weighted by Crippen LogP contribution is -2.47. The number of methoxy groups -OCH3 is 1. The zero-order valence-electron chi connectivity index (χ0n) is 19.7. The molecule has 3 heterocycles. The van der Waals surface area contributed by atoms with Gasteiger partial charge >= 0.3 is 17.6 Å². The molecule has 0 bridgehead atoms. The first-order valence-electron chi connectivity index (χ1n) is 11.0. The molecule has 13 heteroatoms. The van der Waals surface area contributed by atoms with E-state index < -0.39 is 11.9 Å². The van der Waals surface area contributed by atoms with Crippen molar-refractivity contribution in [2.45, 2.75) is 19.4 Å². The summed E-state index contributed by atoms with van der Waals surface area (Å²) in [7, 11) is 3.14. The minimum Gasteiger partial charge on any atom is -0.493 e. The van der Waals surface area contributed by atoms with E-state index in [1.165, 1.54) is 17.9 Å². The first-order chi connectivity index (χ1) is 16.7. The van der Waals surface area contributed by atoms with Crippen molar-refractivity contribution in [3.8, 4) is 5.75 Å². The van der Waals surface area contributed by atoms with Crippen LogP contribution in [0.25, 0.3) is 0 Å². The highest BCUT2D eigenvalue weighted by Gasteiger charge is 2.20. The summed E-state index contributed by atoms with van der Waals surface area (Å²) >= 11 is 0. The Balaban J connectivity index is 0.000000466. The van der Waals surface area contributed by atoms with Gasteiger partial charge in [0.25, 0.3) is 5.56 Å². The van der Waals surface area contributed by atoms with Gasteiger partial charge in [-0.15, -0.1) is 0 Å². The van der Waals surface area contributed by atoms with Crippen LogP contribution in [0.2, 0.25) is 0 Å². The molecule has 1 aliphatic heterocycles. The van der Waals surface area contributed by atoms with Gasteiger partial charge in [0.15, 0.2) is 11.6 Å². The van der Waals surface area contributed by atoms with E-state index in [-0.39, 0.29) is 11.2 Å². The number of rotatable bonds is 9. The van der Waals surface area contributed by atoms with Crippen LogP contribution in [0, 0.1) is 0 Å². The molecule has 0 aromatic carbocycles. The zero-order chi connectivity index (χ0) is 25.8. The van der Waals surface area contributed by atoms with Gasteiger partial charge in [-0.05, 0) is 31.5 Å². The maximum atomic E-state index is 11.9. The molecule has 0 atom stereocenters. The lowest BCUT2D eigenvalue weighted by molar-refractivity contribution is -0.134. The Kier molecular flexibility index (Phi) is 10.6. The van der Waals surface area contributed by atoms with E-state index in [1.54, 1.807) is 13.3 Å². The first-order valence-corrected chi connectivity index (χ1v) is 11.0. The number of anilines is 1. The molecular weight excluding hydrogens is 460 g/mol. The number of pyridine rings is 1. The number of carbonyl (C=O) groups is 2. The summed E-state index contributed by atoms with van der Waals surface area (Å²) in [6.45, 7) is 5.27. The molecule has 35 heavy (non-hydrogen) atoms. The number of ether oxygens (including phenoxy) is 1. The van der Waals surface area contributed by atoms with E-state index in [9.17, 15) is 19.2 Å². The quantitative estimate of drug-likeness (QED) is 0.349. The molecule has 0 saturated carbocycles. The fraction of sp³-hybridized carbons (Fsp3) is 0.455. The van der Waals surface area contributed by atoms with Crippen molar-refractivity contribution in [2.24, 2.45) is 7.05 Å². The number of carboxylic acids is 2. The predicted octanol–water partition coefficient (Wildman–Crippen LogP) is -0.340. The maximum Gasteiger partial charge on any atom is 0.347 e. The summed E-state index contributed by atoms with van der Waals surface area (Å²) in [5.74, 6) is -0.805. The normalized spacial score (nSPS) is 13.8. The van der Waals surface area contributed by atoms with Crippen LogP contribution in [-0.2, 0) is 23.2 Å². The van der Waals surface area contributed by atoms with Gasteiger partial charge in [-0.1, -0.05) is 0 Å². The second kappa shape index (κ2) is 13.6. The third-order valence-electron chi connectivity index (χ3n) is 5.25. The molecule has 3 rings (SSSR count). The second-order valence-electron chi connectivity index (χ2n) is 7.62. The number of hydrogen-bond donors (Lipinski definition) is 2. The number of nitrogens with zero attached hydrogens (tertiary/aromatic N) is 6. The monoisotopic (exact) mass is 490 g/mol. The minimum atomic E-state index is -1.26. The van der Waals surface area contributed by atoms with Crippen LogP contribution < -0.4 is 20.9 Å². The fourth-order valence-electron chi connectivity index (χ4n) is 3.38. The van der Waals surface area contributed by atoms with Gasteiger partial charge in [0.1, 0.15) is 6.20 Å². The Morgan fingerprint density at radius 2 is 1.69 bits per heavy atom. The van der Waals surface area contributed by atoms with Crippen molar-refractivity contribution in [1.29, 1.82) is 0 Å². The first kappa shape index (κ1) is 27.2. The number of piperazine rings is 1. The SMILES string of the molecule is COc1cccnc1N1CCN(CCCCn2ncc(=O)n(C)c2=O)CC1.O=C(O)C=CC(=O)O. The summed E-state index contributed by atoms with van der Waals surface area (Å²) in [4.78, 5) is 51.5. The van der Waals surface area contributed by atoms with Crippen molar-refractivity contribution in [2.75, 3.05) is 44.7 Å². The summed E-state index contributed by atoms with van der Waals surface area (Å²) < 4.78 is 7.83. The average molecular weight is 491 g/mol. The topological polar surface area (TPSA) is 160 Å². The predicted molar refractivity (Wildman–Crippen MR) is 127 cm³/mol. The number of hydrogen-bond acceptors (Lipinski definition) is 9. The molecule has 0 radical (unpaired) electrons. The van der Waals surface area contributed by atoms with Crippen LogP contribution in [0.4, 0.5) is 5.82 Å². The Labute approximate surface area is 201 Å². The van der Waals surface area contributed by atoms with Gasteiger partial charge in [0.05, 0.1) is 7.11 Å². The van der Waals surface area contributed by atoms with Gasteiger partial charge in [0.2, 0.25) is 0 Å². The van der Waals surface area contributed by atoms with Gasteiger partial charge in [-0.25, -0.2) is 24.0 Å². The molecule has 190 valence electrons. The van der Waals surface area contributed by atoms with Crippen molar-refractivity contribution < 1.29 is 24.5 Å². The lowest BCUT2D eigenvalue weighted by Gasteiger charge is -2.35. The van der Waals surface area contributed by atoms with Crippen molar-refractivity contribution in [1.82, 2.24) is 24.2 Å². The smallest absolute Gasteiger partial charge is 0.347 e. The van der Waals surface area contributed by atoms with Crippen LogP contribution >= 0.6 is 0 Å². The number of aryl methyl sites for hydroxylation is 1. The molecule has 2 aromatic rings. The minimum absolute atomic E-state index is 0.361. The van der Waals surface area contributed by atoms with E-state index in [1.807, 2.05) is 12.1 Å². The van der Waals surface area contributed by atoms with Gasteiger partial charge < -0.3 is 19.8 Å². The largest absolute Gasteiger partial charge is 0.493 e.